The SMILES string of the molecule is CO[C@H]1C(O)O[C@H](CN)[C@H](O)[C@@H]1O. The number of methoxy groups -OCH3 is 1. The van der Waals surface area contributed by atoms with E-state index in [9.17, 15) is 15.3 Å². The second-order valence-electron chi connectivity index (χ2n) is 2.98. The third-order valence-electron chi connectivity index (χ3n) is 2.17. The van der Waals surface area contributed by atoms with Crippen molar-refractivity contribution in [2.45, 2.75) is 30.7 Å². The van der Waals surface area contributed by atoms with Crippen LogP contribution in [0.15, 0.2) is 0 Å². The van der Waals surface area contributed by atoms with Crippen LogP contribution in [0.5, 0.6) is 0 Å². The molecule has 1 unspecified atom stereocenters. The molecule has 0 bridgehead atoms. The van der Waals surface area contributed by atoms with Crippen molar-refractivity contribution in [1.29, 1.82) is 0 Å². The molecule has 5 N–H and O–H groups in total. The molecule has 1 saturated heterocycles. The van der Waals surface area contributed by atoms with Crippen LogP contribution in [0, 0.1) is 0 Å². The van der Waals surface area contributed by atoms with Crippen molar-refractivity contribution in [1.82, 2.24) is 0 Å². The van der Waals surface area contributed by atoms with Gasteiger partial charge in [-0.1, -0.05) is 0 Å². The van der Waals surface area contributed by atoms with Crippen molar-refractivity contribution in [2.24, 2.45) is 5.73 Å². The molecule has 0 spiro atoms. The third kappa shape index (κ3) is 1.98. The van der Waals surface area contributed by atoms with Crippen molar-refractivity contribution in [2.75, 3.05) is 13.7 Å². The van der Waals surface area contributed by atoms with Gasteiger partial charge in [-0.3, -0.25) is 0 Å². The molecule has 0 amide bonds. The zero-order chi connectivity index (χ0) is 10.0. The van der Waals surface area contributed by atoms with E-state index in [1.165, 1.54) is 7.11 Å². The van der Waals surface area contributed by atoms with Crippen molar-refractivity contribution in [3.8, 4) is 0 Å². The van der Waals surface area contributed by atoms with Gasteiger partial charge in [-0.05, 0) is 0 Å². The lowest BCUT2D eigenvalue weighted by Gasteiger charge is -2.39. The van der Waals surface area contributed by atoms with E-state index >= 15 is 0 Å². The molecule has 6 nitrogen and oxygen atoms in total. The number of hydrogen-bond acceptors (Lipinski definition) is 6. The van der Waals surface area contributed by atoms with Crippen LogP contribution < -0.4 is 5.73 Å². The molecule has 0 radical (unpaired) electrons. The first kappa shape index (κ1) is 10.8. The van der Waals surface area contributed by atoms with Crippen LogP contribution in [0.4, 0.5) is 0 Å². The summed E-state index contributed by atoms with van der Waals surface area (Å²) in [5.74, 6) is 0. The van der Waals surface area contributed by atoms with Gasteiger partial charge in [-0.25, -0.2) is 0 Å². The van der Waals surface area contributed by atoms with E-state index in [1.54, 1.807) is 0 Å². The molecule has 0 aromatic heterocycles. The molecule has 1 aliphatic rings. The number of hydrogen-bond donors (Lipinski definition) is 4. The van der Waals surface area contributed by atoms with Gasteiger partial charge in [-0.15, -0.1) is 0 Å². The fourth-order valence-electron chi connectivity index (χ4n) is 1.37. The van der Waals surface area contributed by atoms with E-state index in [0.29, 0.717) is 0 Å². The lowest BCUT2D eigenvalue weighted by molar-refractivity contribution is -0.284. The normalized spacial score (nSPS) is 46.4. The molecular weight excluding hydrogens is 178 g/mol. The molecule has 1 heterocycles. The Labute approximate surface area is 75.9 Å². The van der Waals surface area contributed by atoms with Crippen LogP contribution in [0.2, 0.25) is 0 Å². The van der Waals surface area contributed by atoms with Crippen molar-refractivity contribution < 1.29 is 24.8 Å². The van der Waals surface area contributed by atoms with Crippen molar-refractivity contribution >= 4 is 0 Å². The van der Waals surface area contributed by atoms with Gasteiger partial charge in [0.2, 0.25) is 0 Å². The van der Waals surface area contributed by atoms with Crippen LogP contribution in [-0.4, -0.2) is 59.7 Å². The molecule has 5 atom stereocenters. The molecule has 78 valence electrons. The van der Waals surface area contributed by atoms with E-state index in [0.717, 1.165) is 0 Å². The Morgan fingerprint density at radius 3 is 2.38 bits per heavy atom. The van der Waals surface area contributed by atoms with Crippen LogP contribution in [0.25, 0.3) is 0 Å². The Morgan fingerprint density at radius 2 is 1.92 bits per heavy atom. The summed E-state index contributed by atoms with van der Waals surface area (Å²) in [6.07, 6.45) is -5.24. The second-order valence-corrected chi connectivity index (χ2v) is 2.98. The van der Waals surface area contributed by atoms with Crippen molar-refractivity contribution in [3.05, 3.63) is 0 Å². The summed E-state index contributed by atoms with van der Waals surface area (Å²) in [6.45, 7) is 0.0335. The summed E-state index contributed by atoms with van der Waals surface area (Å²) >= 11 is 0. The van der Waals surface area contributed by atoms with Crippen LogP contribution in [0.3, 0.4) is 0 Å². The summed E-state index contributed by atoms with van der Waals surface area (Å²) < 4.78 is 9.67. The quantitative estimate of drug-likeness (QED) is 0.383. The lowest BCUT2D eigenvalue weighted by atomic mass is 9.99. The number of ether oxygens (including phenoxy) is 2. The van der Waals surface area contributed by atoms with Crippen LogP contribution >= 0.6 is 0 Å². The Kier molecular flexibility index (Phi) is 3.60. The summed E-state index contributed by atoms with van der Waals surface area (Å²) in [5, 5.41) is 28.1. The zero-order valence-corrected chi connectivity index (χ0v) is 7.33. The molecule has 1 aliphatic heterocycles. The average molecular weight is 193 g/mol. The average Bonchev–Trinajstić information content (AvgIpc) is 2.12. The van der Waals surface area contributed by atoms with Gasteiger partial charge < -0.3 is 30.5 Å². The van der Waals surface area contributed by atoms with Gasteiger partial charge in [0.15, 0.2) is 6.29 Å². The minimum atomic E-state index is -1.25. The molecular formula is C7H15NO5. The van der Waals surface area contributed by atoms with E-state index in [2.05, 4.69) is 0 Å². The van der Waals surface area contributed by atoms with Gasteiger partial charge in [-0.2, -0.15) is 0 Å². The maximum Gasteiger partial charge on any atom is 0.184 e. The predicted octanol–water partition coefficient (Wildman–Crippen LogP) is -2.60. The fourth-order valence-corrected chi connectivity index (χ4v) is 1.37. The first-order valence-electron chi connectivity index (χ1n) is 4.04. The summed E-state index contributed by atoms with van der Waals surface area (Å²) in [4.78, 5) is 0. The fraction of sp³-hybridized carbons (Fsp3) is 1.00. The smallest absolute Gasteiger partial charge is 0.184 e. The number of aliphatic hydroxyl groups is 3. The minimum absolute atomic E-state index is 0.0335. The highest BCUT2D eigenvalue weighted by Gasteiger charge is 2.43. The number of nitrogens with two attached hydrogens (primary N) is 1. The Balaban J connectivity index is 2.66. The molecule has 13 heavy (non-hydrogen) atoms. The highest BCUT2D eigenvalue weighted by molar-refractivity contribution is 4.89. The first-order chi connectivity index (χ1) is 6.11. The highest BCUT2D eigenvalue weighted by atomic mass is 16.7. The standard InChI is InChI=1S/C7H15NO5/c1-12-6-5(10)4(9)3(2-8)13-7(6)11/h3-7,9-11H,2,8H2,1H3/t3-,4+,5+,6-,7?/m1/s1. The number of aliphatic hydroxyl groups excluding tert-OH is 3. The third-order valence-corrected chi connectivity index (χ3v) is 2.17. The zero-order valence-electron chi connectivity index (χ0n) is 7.33. The first-order valence-corrected chi connectivity index (χ1v) is 4.04. The maximum atomic E-state index is 9.44. The Bertz CT molecular complexity index is 167. The van der Waals surface area contributed by atoms with E-state index in [-0.39, 0.29) is 6.54 Å². The van der Waals surface area contributed by atoms with Gasteiger partial charge in [0, 0.05) is 13.7 Å². The van der Waals surface area contributed by atoms with Crippen molar-refractivity contribution in [3.63, 3.8) is 0 Å². The highest BCUT2D eigenvalue weighted by Crippen LogP contribution is 2.20. The maximum absolute atomic E-state index is 9.44. The lowest BCUT2D eigenvalue weighted by Crippen LogP contribution is -2.59. The summed E-state index contributed by atoms with van der Waals surface area (Å²) in [7, 11) is 1.32. The van der Waals surface area contributed by atoms with Gasteiger partial charge in [0.25, 0.3) is 0 Å². The van der Waals surface area contributed by atoms with Crippen LogP contribution in [-0.2, 0) is 9.47 Å². The van der Waals surface area contributed by atoms with Gasteiger partial charge >= 0.3 is 0 Å². The number of rotatable bonds is 2. The molecule has 0 aliphatic carbocycles. The largest absolute Gasteiger partial charge is 0.388 e. The Hall–Kier alpha value is -0.240. The van der Waals surface area contributed by atoms with Gasteiger partial charge in [0.1, 0.15) is 24.4 Å². The monoisotopic (exact) mass is 193 g/mol. The molecule has 0 saturated carbocycles. The summed E-state index contributed by atoms with van der Waals surface area (Å²) in [5.41, 5.74) is 5.26. The predicted molar refractivity (Wildman–Crippen MR) is 42.7 cm³/mol. The minimum Gasteiger partial charge on any atom is -0.388 e. The van der Waals surface area contributed by atoms with Crippen LogP contribution in [0.1, 0.15) is 0 Å². The summed E-state index contributed by atoms with van der Waals surface area (Å²) in [6, 6.07) is 0. The van der Waals surface area contributed by atoms with E-state index in [4.69, 9.17) is 15.2 Å². The molecule has 6 heteroatoms. The van der Waals surface area contributed by atoms with E-state index < -0.39 is 30.7 Å². The molecule has 0 aromatic rings. The topological polar surface area (TPSA) is 105 Å². The molecule has 1 rings (SSSR count). The van der Waals surface area contributed by atoms with Gasteiger partial charge in [0.05, 0.1) is 0 Å². The molecule has 1 fully saturated rings. The second kappa shape index (κ2) is 4.32. The van der Waals surface area contributed by atoms with E-state index in [1.807, 2.05) is 0 Å². The molecule has 0 aromatic carbocycles. The Morgan fingerprint density at radius 1 is 1.31 bits per heavy atom.